The molecular formula is C14H22N2O3. The normalized spacial score (nSPS) is 27.0. The minimum absolute atomic E-state index is 0.0876. The molecule has 0 radical (unpaired) electrons. The molecule has 2 atom stereocenters. The summed E-state index contributed by atoms with van der Waals surface area (Å²) in [6, 6.07) is 0. The molecule has 0 spiro atoms. The highest BCUT2D eigenvalue weighted by Crippen LogP contribution is 2.27. The number of aromatic nitrogens is 1. The van der Waals surface area contributed by atoms with Crippen molar-refractivity contribution < 1.29 is 14.4 Å². The number of hydrogen-bond donors (Lipinski definition) is 1. The molecule has 2 heterocycles. The van der Waals surface area contributed by atoms with Crippen LogP contribution in [0.5, 0.6) is 0 Å². The van der Waals surface area contributed by atoms with Gasteiger partial charge < -0.3 is 14.5 Å². The molecule has 19 heavy (non-hydrogen) atoms. The molecule has 1 aliphatic heterocycles. The molecule has 0 aromatic carbocycles. The van der Waals surface area contributed by atoms with E-state index in [9.17, 15) is 9.90 Å². The lowest BCUT2D eigenvalue weighted by molar-refractivity contribution is -0.131. The Balaban J connectivity index is 1.93. The highest BCUT2D eigenvalue weighted by atomic mass is 16.5. The zero-order valence-corrected chi connectivity index (χ0v) is 12.1. The van der Waals surface area contributed by atoms with Gasteiger partial charge in [0.15, 0.2) is 0 Å². The summed E-state index contributed by atoms with van der Waals surface area (Å²) in [5, 5.41) is 14.0. The van der Waals surface area contributed by atoms with Gasteiger partial charge in [-0.15, -0.1) is 0 Å². The van der Waals surface area contributed by atoms with Gasteiger partial charge in [-0.3, -0.25) is 4.79 Å². The Morgan fingerprint density at radius 3 is 2.74 bits per heavy atom. The van der Waals surface area contributed by atoms with Crippen molar-refractivity contribution >= 4 is 5.91 Å². The third-order valence-electron chi connectivity index (χ3n) is 4.19. The fourth-order valence-corrected chi connectivity index (χ4v) is 2.57. The van der Waals surface area contributed by atoms with Crippen molar-refractivity contribution in [2.45, 2.75) is 46.1 Å². The van der Waals surface area contributed by atoms with Gasteiger partial charge >= 0.3 is 0 Å². The van der Waals surface area contributed by atoms with Crippen LogP contribution in [0.3, 0.4) is 0 Å². The Labute approximate surface area is 113 Å². The average molecular weight is 266 g/mol. The van der Waals surface area contributed by atoms with Crippen LogP contribution in [0.1, 0.15) is 37.3 Å². The van der Waals surface area contributed by atoms with Gasteiger partial charge in [-0.1, -0.05) is 12.1 Å². The van der Waals surface area contributed by atoms with Crippen LogP contribution in [-0.4, -0.2) is 39.8 Å². The quantitative estimate of drug-likeness (QED) is 0.899. The Morgan fingerprint density at radius 1 is 1.58 bits per heavy atom. The molecule has 0 saturated carbocycles. The summed E-state index contributed by atoms with van der Waals surface area (Å²) in [4.78, 5) is 13.9. The van der Waals surface area contributed by atoms with Gasteiger partial charge in [0.2, 0.25) is 5.91 Å². The minimum atomic E-state index is -0.765. The zero-order chi connectivity index (χ0) is 14.2. The summed E-state index contributed by atoms with van der Waals surface area (Å²) in [5.74, 6) is 0.993. The van der Waals surface area contributed by atoms with Crippen molar-refractivity contribution in [1.29, 1.82) is 0 Å². The van der Waals surface area contributed by atoms with Crippen molar-refractivity contribution in [3.63, 3.8) is 0 Å². The van der Waals surface area contributed by atoms with Gasteiger partial charge in [0.05, 0.1) is 11.3 Å². The van der Waals surface area contributed by atoms with Crippen molar-refractivity contribution in [3.8, 4) is 0 Å². The molecular weight excluding hydrogens is 244 g/mol. The molecule has 1 fully saturated rings. The summed E-state index contributed by atoms with van der Waals surface area (Å²) in [5.41, 5.74) is 1.11. The lowest BCUT2D eigenvalue weighted by Crippen LogP contribution is -2.35. The van der Waals surface area contributed by atoms with Crippen LogP contribution in [0, 0.1) is 19.8 Å². The van der Waals surface area contributed by atoms with Crippen LogP contribution in [0.2, 0.25) is 0 Å². The third-order valence-corrected chi connectivity index (χ3v) is 4.19. The largest absolute Gasteiger partial charge is 0.388 e. The summed E-state index contributed by atoms with van der Waals surface area (Å²) in [7, 11) is 0. The highest BCUT2D eigenvalue weighted by molar-refractivity contribution is 5.77. The summed E-state index contributed by atoms with van der Waals surface area (Å²) < 4.78 is 5.09. The molecule has 106 valence electrons. The summed E-state index contributed by atoms with van der Waals surface area (Å²) in [6.45, 7) is 8.57. The van der Waals surface area contributed by atoms with E-state index < -0.39 is 5.60 Å². The van der Waals surface area contributed by atoms with E-state index in [0.717, 1.165) is 17.0 Å². The molecule has 5 nitrogen and oxygen atoms in total. The maximum Gasteiger partial charge on any atom is 0.223 e. The number of likely N-dealkylation sites (tertiary alicyclic amines) is 1. The maximum absolute atomic E-state index is 12.2. The third kappa shape index (κ3) is 2.81. The maximum atomic E-state index is 12.2. The van der Waals surface area contributed by atoms with Gasteiger partial charge in [-0.2, -0.15) is 0 Å². The smallest absolute Gasteiger partial charge is 0.223 e. The van der Waals surface area contributed by atoms with E-state index >= 15 is 0 Å². The molecule has 0 bridgehead atoms. The number of carbonyl (C=O) groups excluding carboxylic acids is 1. The lowest BCUT2D eigenvalue weighted by atomic mass is 9.95. The van der Waals surface area contributed by atoms with Gasteiger partial charge in [0.25, 0.3) is 0 Å². The Bertz CT molecular complexity index is 460. The molecule has 1 aromatic rings. The Hall–Kier alpha value is -1.36. The number of nitrogens with zero attached hydrogens (tertiary/aromatic N) is 2. The second-order valence-electron chi connectivity index (χ2n) is 5.84. The Morgan fingerprint density at radius 2 is 2.26 bits per heavy atom. The summed E-state index contributed by atoms with van der Waals surface area (Å²) in [6.07, 6.45) is 1.08. The van der Waals surface area contributed by atoms with Gasteiger partial charge in [0, 0.05) is 31.0 Å². The molecule has 1 aliphatic rings. The van der Waals surface area contributed by atoms with Crippen LogP contribution in [0.4, 0.5) is 0 Å². The Kier molecular flexibility index (Phi) is 3.67. The molecule has 1 aromatic heterocycles. The fourth-order valence-electron chi connectivity index (χ4n) is 2.57. The van der Waals surface area contributed by atoms with Crippen LogP contribution < -0.4 is 0 Å². The van der Waals surface area contributed by atoms with Crippen molar-refractivity contribution in [2.24, 2.45) is 5.92 Å². The van der Waals surface area contributed by atoms with Crippen LogP contribution in [0.15, 0.2) is 4.52 Å². The first kappa shape index (κ1) is 14.1. The first-order chi connectivity index (χ1) is 8.81. The number of carbonyl (C=O) groups is 1. The molecule has 1 saturated heterocycles. The first-order valence-electron chi connectivity index (χ1n) is 6.73. The van der Waals surface area contributed by atoms with Crippen molar-refractivity contribution in [1.82, 2.24) is 10.1 Å². The summed E-state index contributed by atoms with van der Waals surface area (Å²) >= 11 is 0. The molecule has 1 N–H and O–H groups in total. The van der Waals surface area contributed by atoms with Gasteiger partial charge in [-0.05, 0) is 27.2 Å². The number of aliphatic hydroxyl groups is 1. The lowest BCUT2D eigenvalue weighted by Gasteiger charge is -2.20. The van der Waals surface area contributed by atoms with Crippen LogP contribution in [-0.2, 0) is 11.2 Å². The number of rotatable bonds is 3. The SMILES string of the molecule is Cc1noc(C)c1CCC(=O)N1C[C@@H](C)[C@@](C)(O)C1. The fraction of sp³-hybridized carbons (Fsp3) is 0.714. The van der Waals surface area contributed by atoms with E-state index in [4.69, 9.17) is 4.52 Å². The van der Waals surface area contributed by atoms with Crippen molar-refractivity contribution in [2.75, 3.05) is 13.1 Å². The second-order valence-corrected chi connectivity index (χ2v) is 5.84. The van der Waals surface area contributed by atoms with Crippen LogP contribution in [0.25, 0.3) is 0 Å². The number of β-amino-alcohol motifs (C(OH)–C–C–N with tert-alkyl or cyclic N) is 1. The molecule has 1 amide bonds. The zero-order valence-electron chi connectivity index (χ0n) is 12.1. The highest BCUT2D eigenvalue weighted by Gasteiger charge is 2.40. The standard InChI is InChI=1S/C14H22N2O3/c1-9-7-16(8-14(9,4)18)13(17)6-5-12-10(2)15-19-11(12)3/h9,18H,5-8H2,1-4H3/t9-,14+/m1/s1. The first-order valence-corrected chi connectivity index (χ1v) is 6.73. The van der Waals surface area contributed by atoms with Crippen LogP contribution >= 0.6 is 0 Å². The molecule has 5 heteroatoms. The number of hydrogen-bond acceptors (Lipinski definition) is 4. The predicted octanol–water partition coefficient (Wildman–Crippen LogP) is 1.45. The monoisotopic (exact) mass is 266 g/mol. The number of aryl methyl sites for hydroxylation is 2. The van der Waals surface area contributed by atoms with E-state index in [2.05, 4.69) is 5.16 Å². The predicted molar refractivity (Wildman–Crippen MR) is 70.7 cm³/mol. The van der Waals surface area contributed by atoms with E-state index in [-0.39, 0.29) is 11.8 Å². The second kappa shape index (κ2) is 4.96. The van der Waals surface area contributed by atoms with E-state index in [1.807, 2.05) is 20.8 Å². The number of amides is 1. The van der Waals surface area contributed by atoms with E-state index in [0.29, 0.717) is 25.9 Å². The van der Waals surface area contributed by atoms with E-state index in [1.54, 1.807) is 11.8 Å². The van der Waals surface area contributed by atoms with Gasteiger partial charge in [-0.25, -0.2) is 0 Å². The van der Waals surface area contributed by atoms with E-state index in [1.165, 1.54) is 0 Å². The molecule has 0 aliphatic carbocycles. The topological polar surface area (TPSA) is 66.6 Å². The molecule has 0 unspecified atom stereocenters. The average Bonchev–Trinajstić information content (AvgIpc) is 2.78. The molecule has 2 rings (SSSR count). The van der Waals surface area contributed by atoms with Crippen molar-refractivity contribution in [3.05, 3.63) is 17.0 Å². The van der Waals surface area contributed by atoms with Gasteiger partial charge in [0.1, 0.15) is 5.76 Å². The minimum Gasteiger partial charge on any atom is -0.388 e.